The second kappa shape index (κ2) is 4.43. The molecule has 4 nitrogen and oxygen atoms in total. The number of hydrogen-bond donors (Lipinski definition) is 1. The van der Waals surface area contributed by atoms with E-state index in [0.29, 0.717) is 0 Å². The highest BCUT2D eigenvalue weighted by Crippen LogP contribution is 2.45. The Morgan fingerprint density at radius 1 is 1.30 bits per heavy atom. The molecule has 1 aromatic carbocycles. The van der Waals surface area contributed by atoms with Crippen molar-refractivity contribution in [1.82, 2.24) is 14.5 Å². The summed E-state index contributed by atoms with van der Waals surface area (Å²) in [6, 6.07) is 8.74. The van der Waals surface area contributed by atoms with Crippen molar-refractivity contribution in [2.45, 2.75) is 18.6 Å². The van der Waals surface area contributed by atoms with E-state index in [-0.39, 0.29) is 18.1 Å². The Labute approximate surface area is 118 Å². The summed E-state index contributed by atoms with van der Waals surface area (Å²) in [5, 5.41) is 10.5. The Kier molecular flexibility index (Phi) is 2.69. The molecule has 3 heterocycles. The minimum absolute atomic E-state index is 0.229. The molecule has 1 N–H and O–H groups in total. The molecule has 1 unspecified atom stereocenters. The van der Waals surface area contributed by atoms with Crippen molar-refractivity contribution in [1.29, 1.82) is 0 Å². The number of imidazole rings is 1. The largest absolute Gasteiger partial charge is 0.391 e. The van der Waals surface area contributed by atoms with Crippen LogP contribution < -0.4 is 0 Å². The number of aliphatic hydroxyl groups excluding tert-OH is 1. The highest BCUT2D eigenvalue weighted by molar-refractivity contribution is 5.69. The normalized spacial score (nSPS) is 29.2. The summed E-state index contributed by atoms with van der Waals surface area (Å²) in [4.78, 5) is 6.50. The van der Waals surface area contributed by atoms with Crippen LogP contribution in [0.1, 0.15) is 18.0 Å². The first kappa shape index (κ1) is 12.1. The van der Waals surface area contributed by atoms with E-state index in [9.17, 15) is 5.11 Å². The molecule has 0 amide bonds. The molecule has 4 heteroatoms. The van der Waals surface area contributed by atoms with Crippen LogP contribution in [0.25, 0.3) is 11.3 Å². The van der Waals surface area contributed by atoms with Crippen LogP contribution in [0.5, 0.6) is 0 Å². The van der Waals surface area contributed by atoms with Crippen LogP contribution in [0.15, 0.2) is 36.8 Å². The summed E-state index contributed by atoms with van der Waals surface area (Å²) < 4.78 is 2.24. The van der Waals surface area contributed by atoms with Gasteiger partial charge in [0.25, 0.3) is 0 Å². The number of β-amino-alcohol motifs (C(OH)–C–C–N with tert-alkyl or cyclic N) is 1. The van der Waals surface area contributed by atoms with Gasteiger partial charge < -0.3 is 14.6 Å². The number of aliphatic hydroxyl groups is 1. The van der Waals surface area contributed by atoms with E-state index in [1.807, 2.05) is 12.5 Å². The van der Waals surface area contributed by atoms with Gasteiger partial charge in [-0.15, -0.1) is 0 Å². The molecule has 104 valence electrons. The molecule has 1 saturated heterocycles. The molecular formula is C16H19N3O. The molecule has 0 bridgehead atoms. The lowest BCUT2D eigenvalue weighted by Gasteiger charge is -2.37. The van der Waals surface area contributed by atoms with E-state index < -0.39 is 0 Å². The van der Waals surface area contributed by atoms with Crippen LogP contribution in [-0.4, -0.2) is 45.8 Å². The van der Waals surface area contributed by atoms with E-state index in [0.717, 1.165) is 19.5 Å². The molecule has 2 aromatic rings. The average molecular weight is 269 g/mol. The van der Waals surface area contributed by atoms with Crippen molar-refractivity contribution < 1.29 is 5.11 Å². The number of fused-ring (bicyclic) bond motifs is 3. The van der Waals surface area contributed by atoms with E-state index in [4.69, 9.17) is 0 Å². The van der Waals surface area contributed by atoms with Gasteiger partial charge >= 0.3 is 0 Å². The topological polar surface area (TPSA) is 41.3 Å². The molecule has 1 aromatic heterocycles. The Bertz CT molecular complexity index is 636. The van der Waals surface area contributed by atoms with Crippen molar-refractivity contribution in [3.63, 3.8) is 0 Å². The predicted octanol–water partition coefficient (Wildman–Crippen LogP) is 1.77. The van der Waals surface area contributed by atoms with Crippen molar-refractivity contribution in [3.05, 3.63) is 42.4 Å². The van der Waals surface area contributed by atoms with Gasteiger partial charge in [0.15, 0.2) is 0 Å². The maximum atomic E-state index is 10.5. The Morgan fingerprint density at radius 3 is 3.00 bits per heavy atom. The number of piperidine rings is 1. The molecule has 4 rings (SSSR count). The zero-order valence-electron chi connectivity index (χ0n) is 11.6. The molecular weight excluding hydrogens is 250 g/mol. The summed E-state index contributed by atoms with van der Waals surface area (Å²) in [6.07, 6.45) is 4.58. The fourth-order valence-corrected chi connectivity index (χ4v) is 3.79. The van der Waals surface area contributed by atoms with Crippen LogP contribution in [0.4, 0.5) is 0 Å². The second-order valence-corrected chi connectivity index (χ2v) is 6.00. The van der Waals surface area contributed by atoms with Gasteiger partial charge in [-0.2, -0.15) is 0 Å². The highest BCUT2D eigenvalue weighted by atomic mass is 16.3. The highest BCUT2D eigenvalue weighted by Gasteiger charge is 2.39. The van der Waals surface area contributed by atoms with Crippen LogP contribution in [0.3, 0.4) is 0 Å². The molecule has 0 aliphatic carbocycles. The van der Waals surface area contributed by atoms with Crippen molar-refractivity contribution in [2.75, 3.05) is 20.1 Å². The quantitative estimate of drug-likeness (QED) is 0.858. The third-order valence-corrected chi connectivity index (χ3v) is 4.76. The maximum absolute atomic E-state index is 10.5. The smallest absolute Gasteiger partial charge is 0.0956 e. The lowest BCUT2D eigenvalue weighted by molar-refractivity contribution is 0.0166. The number of nitrogens with zero attached hydrogens (tertiary/aromatic N) is 3. The minimum Gasteiger partial charge on any atom is -0.391 e. The molecule has 0 saturated carbocycles. The van der Waals surface area contributed by atoms with Crippen molar-refractivity contribution in [3.8, 4) is 11.3 Å². The number of aromatic nitrogens is 2. The first-order valence-corrected chi connectivity index (χ1v) is 7.23. The summed E-state index contributed by atoms with van der Waals surface area (Å²) in [7, 11) is 2.07. The van der Waals surface area contributed by atoms with Crippen molar-refractivity contribution in [2.24, 2.45) is 5.92 Å². The standard InChI is InChI=1S/C16H19N3O/c1-18-7-6-13(15(20)9-18)16-12-5-3-2-4-11(12)14-8-17-10-19(14)16/h2-5,8,10,13,15-16,20H,6-7,9H2,1H3/t13?,15-,16+/m0/s1. The van der Waals surface area contributed by atoms with Gasteiger partial charge in [0.1, 0.15) is 0 Å². The van der Waals surface area contributed by atoms with Gasteiger partial charge in [0.2, 0.25) is 0 Å². The number of likely N-dealkylation sites (N-methyl/N-ethyl adjacent to an activating group) is 1. The van der Waals surface area contributed by atoms with Gasteiger partial charge in [-0.25, -0.2) is 4.98 Å². The predicted molar refractivity (Wildman–Crippen MR) is 77.4 cm³/mol. The van der Waals surface area contributed by atoms with E-state index in [1.165, 1.54) is 16.8 Å². The molecule has 2 aliphatic heterocycles. The third kappa shape index (κ3) is 1.65. The van der Waals surface area contributed by atoms with E-state index in [2.05, 4.69) is 45.8 Å². The van der Waals surface area contributed by atoms with Gasteiger partial charge in [-0.3, -0.25) is 0 Å². The van der Waals surface area contributed by atoms with Crippen LogP contribution in [0, 0.1) is 5.92 Å². The number of rotatable bonds is 1. The number of benzene rings is 1. The van der Waals surface area contributed by atoms with Crippen LogP contribution in [0.2, 0.25) is 0 Å². The zero-order valence-corrected chi connectivity index (χ0v) is 11.6. The Hall–Kier alpha value is -1.65. The van der Waals surface area contributed by atoms with Crippen LogP contribution in [-0.2, 0) is 0 Å². The molecule has 0 spiro atoms. The minimum atomic E-state index is -0.278. The summed E-state index contributed by atoms with van der Waals surface area (Å²) in [5.74, 6) is 0.266. The fourth-order valence-electron chi connectivity index (χ4n) is 3.79. The van der Waals surface area contributed by atoms with Gasteiger partial charge in [0, 0.05) is 18.0 Å². The molecule has 3 atom stereocenters. The zero-order chi connectivity index (χ0) is 13.7. The van der Waals surface area contributed by atoms with E-state index in [1.54, 1.807) is 0 Å². The molecule has 0 radical (unpaired) electrons. The number of hydrogen-bond acceptors (Lipinski definition) is 3. The lowest BCUT2D eigenvalue weighted by Crippen LogP contribution is -2.44. The maximum Gasteiger partial charge on any atom is 0.0956 e. The number of likely N-dealkylation sites (tertiary alicyclic amines) is 1. The lowest BCUT2D eigenvalue weighted by atomic mass is 9.83. The molecule has 20 heavy (non-hydrogen) atoms. The van der Waals surface area contributed by atoms with Crippen LogP contribution >= 0.6 is 0 Å². The fraction of sp³-hybridized carbons (Fsp3) is 0.438. The van der Waals surface area contributed by atoms with Gasteiger partial charge in [-0.05, 0) is 25.6 Å². The van der Waals surface area contributed by atoms with Gasteiger partial charge in [-0.1, -0.05) is 24.3 Å². The average Bonchev–Trinajstić information content (AvgIpc) is 3.00. The third-order valence-electron chi connectivity index (χ3n) is 4.76. The molecule has 1 fully saturated rings. The first-order chi connectivity index (χ1) is 9.75. The monoisotopic (exact) mass is 269 g/mol. The Morgan fingerprint density at radius 2 is 2.15 bits per heavy atom. The first-order valence-electron chi connectivity index (χ1n) is 7.23. The Balaban J connectivity index is 1.79. The molecule has 2 aliphatic rings. The summed E-state index contributed by atoms with van der Waals surface area (Å²) in [5.41, 5.74) is 3.77. The summed E-state index contributed by atoms with van der Waals surface area (Å²) >= 11 is 0. The summed E-state index contributed by atoms with van der Waals surface area (Å²) in [6.45, 7) is 1.80. The van der Waals surface area contributed by atoms with Gasteiger partial charge in [0.05, 0.1) is 30.4 Å². The second-order valence-electron chi connectivity index (χ2n) is 6.00. The SMILES string of the molecule is CN1CCC([C@H]2c3ccccc3-c3cncn32)[C@@H](O)C1. The van der Waals surface area contributed by atoms with Crippen molar-refractivity contribution >= 4 is 0 Å². The van der Waals surface area contributed by atoms with E-state index >= 15 is 0 Å².